The fourth-order valence-electron chi connectivity index (χ4n) is 4.25. The van der Waals surface area contributed by atoms with Crippen LogP contribution in [0.4, 0.5) is 10.6 Å². The van der Waals surface area contributed by atoms with E-state index in [4.69, 9.17) is 4.74 Å². The summed E-state index contributed by atoms with van der Waals surface area (Å²) < 4.78 is 5.30. The van der Waals surface area contributed by atoms with E-state index < -0.39 is 0 Å². The van der Waals surface area contributed by atoms with E-state index in [1.54, 1.807) is 17.8 Å². The minimum atomic E-state index is -0.320. The second-order valence-corrected chi connectivity index (χ2v) is 9.59. The van der Waals surface area contributed by atoms with Crippen molar-refractivity contribution in [2.45, 2.75) is 12.4 Å². The van der Waals surface area contributed by atoms with Gasteiger partial charge in [0.1, 0.15) is 5.82 Å². The Morgan fingerprint density at radius 3 is 2.81 bits per heavy atom. The average molecular weight is 449 g/mol. The molecule has 0 saturated carbocycles. The average Bonchev–Trinajstić information content (AvgIpc) is 3.15. The third-order valence-electron chi connectivity index (χ3n) is 5.90. The van der Waals surface area contributed by atoms with E-state index in [-0.39, 0.29) is 16.9 Å². The number of aromatic nitrogens is 1. The number of carbonyl (C=O) groups excluding carboxylic acids is 1. The highest BCUT2D eigenvalue weighted by Gasteiger charge is 2.51. The van der Waals surface area contributed by atoms with Crippen molar-refractivity contribution < 1.29 is 9.53 Å². The number of rotatable bonds is 4. The first-order valence-electron chi connectivity index (χ1n) is 10.5. The van der Waals surface area contributed by atoms with Gasteiger partial charge in [-0.3, -0.25) is 0 Å². The molecule has 164 valence electrons. The monoisotopic (exact) mass is 448 g/mol. The maximum atomic E-state index is 12.8. The first-order chi connectivity index (χ1) is 15.5. The molecule has 0 radical (unpaired) electrons. The molecule has 1 spiro atoms. The van der Waals surface area contributed by atoms with Gasteiger partial charge in [0.2, 0.25) is 0 Å². The molecule has 9 heteroatoms. The summed E-state index contributed by atoms with van der Waals surface area (Å²) in [6.45, 7) is 4.92. The van der Waals surface area contributed by atoms with Crippen molar-refractivity contribution in [3.63, 3.8) is 0 Å². The number of thioether (sulfide) groups is 1. The molecule has 2 saturated heterocycles. The lowest BCUT2D eigenvalue weighted by Crippen LogP contribution is -2.69. The van der Waals surface area contributed by atoms with E-state index in [0.717, 1.165) is 59.5 Å². The molecule has 3 aliphatic heterocycles. The Bertz CT molecular complexity index is 1150. The van der Waals surface area contributed by atoms with Gasteiger partial charge in [0.25, 0.3) is 0 Å². The molecule has 0 aliphatic carbocycles. The summed E-state index contributed by atoms with van der Waals surface area (Å²) in [4.78, 5) is 20.1. The summed E-state index contributed by atoms with van der Waals surface area (Å²) in [6.07, 6.45) is 0. The highest BCUT2D eigenvalue weighted by molar-refractivity contribution is 8.09. The number of nitriles is 1. The van der Waals surface area contributed by atoms with Crippen LogP contribution in [0.1, 0.15) is 22.4 Å². The minimum absolute atomic E-state index is 0.0827. The van der Waals surface area contributed by atoms with E-state index in [9.17, 15) is 10.1 Å². The van der Waals surface area contributed by atoms with Crippen LogP contribution in [-0.2, 0) is 4.74 Å². The van der Waals surface area contributed by atoms with Crippen molar-refractivity contribution in [2.24, 2.45) is 5.41 Å². The molecule has 32 heavy (non-hydrogen) atoms. The predicted octanol–water partition coefficient (Wildman–Crippen LogP) is 2.79. The molecule has 1 aromatic heterocycles. The van der Waals surface area contributed by atoms with Gasteiger partial charge in [-0.1, -0.05) is 23.9 Å². The second kappa shape index (κ2) is 8.04. The standard InChI is InChI=1S/C23H24N6O2S/c1-14-6-17(8-18(25-2)26-14)20-19(16-5-3-4-15(7-16)9-24)27-21(32-20)28-22(30)29-10-23(11-29)12-31-13-23/h3-8,21,27H,10-13H2,1-2H3,(H,25,26)(H,28,30). The van der Waals surface area contributed by atoms with Crippen LogP contribution in [0, 0.1) is 23.7 Å². The second-order valence-electron chi connectivity index (χ2n) is 8.47. The maximum absolute atomic E-state index is 12.8. The zero-order valence-corrected chi connectivity index (χ0v) is 18.8. The molecular formula is C23H24N6O2S. The zero-order chi connectivity index (χ0) is 22.3. The minimum Gasteiger partial charge on any atom is -0.380 e. The van der Waals surface area contributed by atoms with E-state index in [1.807, 2.05) is 49.2 Å². The van der Waals surface area contributed by atoms with Crippen molar-refractivity contribution in [2.75, 3.05) is 38.7 Å². The quantitative estimate of drug-likeness (QED) is 0.661. The normalized spacial score (nSPS) is 20.8. The number of urea groups is 1. The molecule has 3 aliphatic rings. The molecule has 2 aromatic rings. The zero-order valence-electron chi connectivity index (χ0n) is 17.9. The van der Waals surface area contributed by atoms with Crippen LogP contribution in [0.15, 0.2) is 36.4 Å². The lowest BCUT2D eigenvalue weighted by atomic mass is 9.78. The van der Waals surface area contributed by atoms with Gasteiger partial charge in [0.05, 0.1) is 36.0 Å². The molecule has 3 N–H and O–H groups in total. The Kier molecular flexibility index (Phi) is 5.19. The van der Waals surface area contributed by atoms with Crippen molar-refractivity contribution in [3.8, 4) is 6.07 Å². The lowest BCUT2D eigenvalue weighted by molar-refractivity contribution is -0.175. The van der Waals surface area contributed by atoms with Gasteiger partial charge in [-0.15, -0.1) is 0 Å². The van der Waals surface area contributed by atoms with Crippen molar-refractivity contribution in [1.29, 1.82) is 5.26 Å². The molecular weight excluding hydrogens is 424 g/mol. The van der Waals surface area contributed by atoms with E-state index in [1.165, 1.54) is 0 Å². The Hall–Kier alpha value is -3.22. The van der Waals surface area contributed by atoms with Crippen LogP contribution in [0.5, 0.6) is 0 Å². The summed E-state index contributed by atoms with van der Waals surface area (Å²) in [7, 11) is 1.84. The van der Waals surface area contributed by atoms with Gasteiger partial charge >= 0.3 is 6.03 Å². The van der Waals surface area contributed by atoms with Gasteiger partial charge in [-0.25, -0.2) is 9.78 Å². The largest absolute Gasteiger partial charge is 0.380 e. The van der Waals surface area contributed by atoms with E-state index in [0.29, 0.717) is 5.56 Å². The summed E-state index contributed by atoms with van der Waals surface area (Å²) in [5.41, 5.74) is 4.13. The number of nitrogens with one attached hydrogen (secondary N) is 3. The number of ether oxygens (including phenoxy) is 1. The number of hydrogen-bond acceptors (Lipinski definition) is 7. The molecule has 0 bridgehead atoms. The summed E-state index contributed by atoms with van der Waals surface area (Å²) in [5, 5.41) is 19.0. The Labute approximate surface area is 191 Å². The van der Waals surface area contributed by atoms with Crippen LogP contribution < -0.4 is 16.0 Å². The molecule has 5 rings (SSSR count). The fraction of sp³-hybridized carbons (Fsp3) is 0.348. The number of carbonyl (C=O) groups is 1. The molecule has 2 fully saturated rings. The first-order valence-corrected chi connectivity index (χ1v) is 11.3. The highest BCUT2D eigenvalue weighted by Crippen LogP contribution is 2.43. The fourth-order valence-corrected chi connectivity index (χ4v) is 5.37. The molecule has 4 heterocycles. The van der Waals surface area contributed by atoms with Crippen LogP contribution in [0.2, 0.25) is 0 Å². The topological polar surface area (TPSA) is 102 Å². The number of anilines is 1. The molecule has 1 atom stereocenters. The third-order valence-corrected chi connectivity index (χ3v) is 7.05. The van der Waals surface area contributed by atoms with Gasteiger partial charge in [0.15, 0.2) is 5.50 Å². The van der Waals surface area contributed by atoms with Gasteiger partial charge < -0.3 is 25.6 Å². The Morgan fingerprint density at radius 1 is 1.31 bits per heavy atom. The number of nitrogens with zero attached hydrogens (tertiary/aromatic N) is 3. The smallest absolute Gasteiger partial charge is 0.319 e. The number of likely N-dealkylation sites (tertiary alicyclic amines) is 1. The van der Waals surface area contributed by atoms with Gasteiger partial charge in [-0.2, -0.15) is 5.26 Å². The van der Waals surface area contributed by atoms with Crippen LogP contribution >= 0.6 is 11.8 Å². The van der Waals surface area contributed by atoms with Crippen molar-refractivity contribution >= 4 is 34.2 Å². The Balaban J connectivity index is 1.41. The summed E-state index contributed by atoms with van der Waals surface area (Å²) >= 11 is 1.55. The van der Waals surface area contributed by atoms with Crippen molar-refractivity contribution in [3.05, 3.63) is 58.8 Å². The van der Waals surface area contributed by atoms with Gasteiger partial charge in [0, 0.05) is 36.3 Å². The number of benzene rings is 1. The molecule has 2 amide bonds. The van der Waals surface area contributed by atoms with Gasteiger partial charge in [-0.05, 0) is 36.8 Å². The number of aryl methyl sites for hydroxylation is 1. The van der Waals surface area contributed by atoms with Crippen LogP contribution in [0.3, 0.4) is 0 Å². The SMILES string of the molecule is CNc1cc(C2=C(c3cccc(C#N)c3)NC(NC(=O)N3CC4(COC4)C3)S2)cc(C)n1. The highest BCUT2D eigenvalue weighted by atomic mass is 32.2. The van der Waals surface area contributed by atoms with Crippen molar-refractivity contribution in [1.82, 2.24) is 20.5 Å². The number of amides is 2. The molecule has 1 aromatic carbocycles. The molecule has 1 unspecified atom stereocenters. The maximum Gasteiger partial charge on any atom is 0.319 e. The lowest BCUT2D eigenvalue weighted by Gasteiger charge is -2.54. The van der Waals surface area contributed by atoms with Crippen LogP contribution in [0.25, 0.3) is 10.6 Å². The number of hydrogen-bond donors (Lipinski definition) is 3. The third kappa shape index (κ3) is 3.76. The summed E-state index contributed by atoms with van der Waals surface area (Å²) in [5.74, 6) is 0.777. The Morgan fingerprint density at radius 2 is 2.12 bits per heavy atom. The van der Waals surface area contributed by atoms with Crippen LogP contribution in [-0.4, -0.2) is 54.8 Å². The first kappa shape index (κ1) is 20.7. The predicted molar refractivity (Wildman–Crippen MR) is 124 cm³/mol. The number of pyridine rings is 1. The van der Waals surface area contributed by atoms with E-state index >= 15 is 0 Å². The summed E-state index contributed by atoms with van der Waals surface area (Å²) in [6, 6.07) is 13.6. The molecule has 8 nitrogen and oxygen atoms in total. The van der Waals surface area contributed by atoms with E-state index in [2.05, 4.69) is 27.0 Å².